The molecule has 2 heteroatoms. The number of benzene rings is 9. The molecule has 61 heavy (non-hydrogen) atoms. The summed E-state index contributed by atoms with van der Waals surface area (Å²) in [6, 6.07) is 77.5. The second-order valence-corrected chi connectivity index (χ2v) is 16.3. The highest BCUT2D eigenvalue weighted by atomic mass is 16.3. The molecule has 1 unspecified atom stereocenters. The molecule has 2 nitrogen and oxygen atoms in total. The summed E-state index contributed by atoms with van der Waals surface area (Å²) in [6.07, 6.45) is 6.78. The van der Waals surface area contributed by atoms with Crippen molar-refractivity contribution in [3.8, 4) is 22.3 Å². The SMILES string of the molecule is C1=CC2=C(CC1)C(c1ccccc1)(c1ccc(N(c3ccc(-c4ccccc4)cc3)c3ccc(-c4cccc5c4ccc4oc6ccccc6c45)cc3)cc1)c1ccccc12. The zero-order chi connectivity index (χ0) is 40.3. The average molecular weight is 780 g/mol. The summed E-state index contributed by atoms with van der Waals surface area (Å²) < 4.78 is 6.26. The predicted octanol–water partition coefficient (Wildman–Crippen LogP) is 16.0. The van der Waals surface area contributed by atoms with Gasteiger partial charge in [0.2, 0.25) is 0 Å². The van der Waals surface area contributed by atoms with E-state index in [0.29, 0.717) is 0 Å². The van der Waals surface area contributed by atoms with Gasteiger partial charge in [-0.25, -0.2) is 0 Å². The summed E-state index contributed by atoms with van der Waals surface area (Å²) in [7, 11) is 0. The van der Waals surface area contributed by atoms with Gasteiger partial charge in [-0.3, -0.25) is 0 Å². The first-order chi connectivity index (χ1) is 30.3. The van der Waals surface area contributed by atoms with Gasteiger partial charge in [0.05, 0.1) is 5.41 Å². The normalized spacial score (nSPS) is 15.7. The van der Waals surface area contributed by atoms with Crippen molar-refractivity contribution < 1.29 is 4.42 Å². The standard InChI is InChI=1S/C59H41NO/c1-3-14-40(15-4-1)41-26-32-45(33-27-41)60(46-34-28-42(29-35-46)48-21-13-22-52-49(48)38-39-57-58(52)53-20-9-12-25-56(53)61-57)47-36-30-44(31-37-47)59(43-16-5-2-6-17-43)54-23-10-7-18-50(54)51-19-8-11-24-55(51)59/h1-10,12-23,25-39H,11,24H2. The van der Waals surface area contributed by atoms with Crippen molar-refractivity contribution in [2.45, 2.75) is 18.3 Å². The van der Waals surface area contributed by atoms with E-state index in [1.165, 1.54) is 71.8 Å². The number of furan rings is 1. The van der Waals surface area contributed by atoms with E-state index >= 15 is 0 Å². The van der Waals surface area contributed by atoms with Crippen molar-refractivity contribution >= 4 is 55.3 Å². The number of para-hydroxylation sites is 1. The molecule has 0 saturated carbocycles. The van der Waals surface area contributed by atoms with Gasteiger partial charge in [0.1, 0.15) is 11.2 Å². The van der Waals surface area contributed by atoms with Crippen LogP contribution >= 0.6 is 0 Å². The van der Waals surface area contributed by atoms with Crippen LogP contribution in [0.3, 0.4) is 0 Å². The summed E-state index contributed by atoms with van der Waals surface area (Å²) in [5, 5.41) is 4.73. The zero-order valence-corrected chi connectivity index (χ0v) is 33.6. The van der Waals surface area contributed by atoms with Gasteiger partial charge in [-0.2, -0.15) is 0 Å². The number of fused-ring (bicyclic) bond motifs is 7. The van der Waals surface area contributed by atoms with Crippen LogP contribution in [0.2, 0.25) is 0 Å². The molecule has 288 valence electrons. The summed E-state index contributed by atoms with van der Waals surface area (Å²) in [5.41, 5.74) is 17.7. The molecule has 1 aromatic heterocycles. The lowest BCUT2D eigenvalue weighted by atomic mass is 9.65. The van der Waals surface area contributed by atoms with Crippen LogP contribution in [0.25, 0.3) is 60.5 Å². The van der Waals surface area contributed by atoms with Gasteiger partial charge >= 0.3 is 0 Å². The molecule has 2 aliphatic rings. The Bertz CT molecular complexity index is 3320. The van der Waals surface area contributed by atoms with Crippen molar-refractivity contribution in [2.75, 3.05) is 4.90 Å². The Hall–Kier alpha value is -7.68. The monoisotopic (exact) mass is 779 g/mol. The summed E-state index contributed by atoms with van der Waals surface area (Å²) in [6.45, 7) is 0. The molecule has 0 aliphatic heterocycles. The Balaban J connectivity index is 0.983. The highest BCUT2D eigenvalue weighted by Gasteiger charge is 2.47. The molecule has 0 bridgehead atoms. The molecular weight excluding hydrogens is 739 g/mol. The lowest BCUT2D eigenvalue weighted by Crippen LogP contribution is -2.30. The number of rotatable bonds is 7. The zero-order valence-electron chi connectivity index (χ0n) is 33.6. The maximum atomic E-state index is 6.26. The Morgan fingerprint density at radius 3 is 1.77 bits per heavy atom. The summed E-state index contributed by atoms with van der Waals surface area (Å²) >= 11 is 0. The van der Waals surface area contributed by atoms with Gasteiger partial charge < -0.3 is 9.32 Å². The second kappa shape index (κ2) is 14.3. The van der Waals surface area contributed by atoms with Crippen LogP contribution in [-0.2, 0) is 5.41 Å². The molecule has 0 amide bonds. The van der Waals surface area contributed by atoms with Crippen LogP contribution in [0.15, 0.2) is 234 Å². The lowest BCUT2D eigenvalue weighted by Gasteiger charge is -2.37. The second-order valence-electron chi connectivity index (χ2n) is 16.3. The van der Waals surface area contributed by atoms with Crippen molar-refractivity contribution in [1.29, 1.82) is 0 Å². The van der Waals surface area contributed by atoms with Gasteiger partial charge in [0.15, 0.2) is 0 Å². The third kappa shape index (κ3) is 5.56. The van der Waals surface area contributed by atoms with Crippen molar-refractivity contribution in [1.82, 2.24) is 0 Å². The molecule has 0 N–H and O–H groups in total. The fourth-order valence-corrected chi connectivity index (χ4v) is 10.4. The maximum absolute atomic E-state index is 6.26. The van der Waals surface area contributed by atoms with Crippen LogP contribution in [0.1, 0.15) is 35.1 Å². The number of allylic oxidation sites excluding steroid dienone is 4. The average Bonchev–Trinajstić information content (AvgIpc) is 3.87. The third-order valence-electron chi connectivity index (χ3n) is 13.1. The van der Waals surface area contributed by atoms with Gasteiger partial charge in [-0.15, -0.1) is 0 Å². The number of hydrogen-bond donors (Lipinski definition) is 0. The fraction of sp³-hybridized carbons (Fsp3) is 0.0508. The molecule has 2 aliphatic carbocycles. The lowest BCUT2D eigenvalue weighted by molar-refractivity contribution is 0.669. The minimum Gasteiger partial charge on any atom is -0.456 e. The van der Waals surface area contributed by atoms with E-state index in [-0.39, 0.29) is 5.41 Å². The molecule has 10 aromatic rings. The van der Waals surface area contributed by atoms with Crippen LogP contribution < -0.4 is 4.90 Å². The number of hydrogen-bond acceptors (Lipinski definition) is 2. The molecule has 0 spiro atoms. The first-order valence-corrected chi connectivity index (χ1v) is 21.3. The van der Waals surface area contributed by atoms with Crippen molar-refractivity contribution in [2.24, 2.45) is 0 Å². The van der Waals surface area contributed by atoms with E-state index in [9.17, 15) is 0 Å². The van der Waals surface area contributed by atoms with E-state index in [0.717, 1.165) is 46.5 Å². The Morgan fingerprint density at radius 1 is 0.410 bits per heavy atom. The molecular formula is C59H41NO. The van der Waals surface area contributed by atoms with Crippen LogP contribution in [-0.4, -0.2) is 0 Å². The molecule has 9 aromatic carbocycles. The van der Waals surface area contributed by atoms with E-state index in [1.54, 1.807) is 0 Å². The van der Waals surface area contributed by atoms with Crippen molar-refractivity contribution in [3.63, 3.8) is 0 Å². The van der Waals surface area contributed by atoms with Crippen LogP contribution in [0.4, 0.5) is 17.1 Å². The molecule has 1 heterocycles. The Labute approximate surface area is 356 Å². The smallest absolute Gasteiger partial charge is 0.136 e. The topological polar surface area (TPSA) is 16.4 Å². The highest BCUT2D eigenvalue weighted by Crippen LogP contribution is 2.57. The van der Waals surface area contributed by atoms with Gasteiger partial charge in [0.25, 0.3) is 0 Å². The summed E-state index contributed by atoms with van der Waals surface area (Å²) in [4.78, 5) is 2.39. The predicted molar refractivity (Wildman–Crippen MR) is 255 cm³/mol. The van der Waals surface area contributed by atoms with Gasteiger partial charge in [-0.1, -0.05) is 176 Å². The third-order valence-corrected chi connectivity index (χ3v) is 13.1. The molecule has 1 atom stereocenters. The quantitative estimate of drug-likeness (QED) is 0.160. The van der Waals surface area contributed by atoms with Crippen LogP contribution in [0.5, 0.6) is 0 Å². The minimum atomic E-state index is -0.368. The minimum absolute atomic E-state index is 0.368. The number of nitrogens with zero attached hydrogens (tertiary/aromatic N) is 1. The van der Waals surface area contributed by atoms with Gasteiger partial charge in [0, 0.05) is 27.8 Å². The van der Waals surface area contributed by atoms with E-state index in [1.807, 2.05) is 6.07 Å². The number of anilines is 3. The van der Waals surface area contributed by atoms with E-state index in [2.05, 4.69) is 223 Å². The molecule has 0 radical (unpaired) electrons. The van der Waals surface area contributed by atoms with Gasteiger partial charge in [-0.05, 0) is 128 Å². The molecule has 0 saturated heterocycles. The highest BCUT2D eigenvalue weighted by molar-refractivity contribution is 6.21. The van der Waals surface area contributed by atoms with E-state index in [4.69, 9.17) is 4.42 Å². The van der Waals surface area contributed by atoms with Crippen LogP contribution in [0, 0.1) is 0 Å². The van der Waals surface area contributed by atoms with E-state index < -0.39 is 0 Å². The Kier molecular flexibility index (Phi) is 8.24. The van der Waals surface area contributed by atoms with Crippen molar-refractivity contribution in [3.05, 3.63) is 252 Å². The summed E-state index contributed by atoms with van der Waals surface area (Å²) in [5.74, 6) is 0. The largest absolute Gasteiger partial charge is 0.456 e. The molecule has 0 fully saturated rings. The fourth-order valence-electron chi connectivity index (χ4n) is 10.4. The Morgan fingerprint density at radius 2 is 1.00 bits per heavy atom. The maximum Gasteiger partial charge on any atom is 0.136 e. The first-order valence-electron chi connectivity index (χ1n) is 21.3. The first kappa shape index (κ1) is 35.3. The molecule has 12 rings (SSSR count).